The largest absolute Gasteiger partial charge is 0.285 e. The maximum absolute atomic E-state index is 3.86. The summed E-state index contributed by atoms with van der Waals surface area (Å²) >= 11 is 0. The Kier molecular flexibility index (Phi) is 1.76. The maximum Gasteiger partial charge on any atom is 0.0522 e. The molecule has 0 bridgehead atoms. The molecule has 0 spiro atoms. The first-order valence-corrected chi connectivity index (χ1v) is 2.95. The van der Waals surface area contributed by atoms with E-state index in [-0.39, 0.29) is 12.4 Å². The molecule has 1 N–H and O–H groups in total. The van der Waals surface area contributed by atoms with Crippen LogP contribution in [0.5, 0.6) is 0 Å². The zero-order chi connectivity index (χ0) is 5.40. The van der Waals surface area contributed by atoms with Gasteiger partial charge < -0.3 is 0 Å². The third-order valence-corrected chi connectivity index (χ3v) is 1.57. The molecule has 1 aromatic rings. The van der Waals surface area contributed by atoms with E-state index < -0.39 is 0 Å². The lowest BCUT2D eigenvalue weighted by Gasteiger charge is -1.80. The number of hydrogen-bond donors (Lipinski definition) is 1. The van der Waals surface area contributed by atoms with Gasteiger partial charge in [-0.05, 0) is 24.3 Å². The number of hydrogen-bond acceptors (Lipinski definition) is 1. The van der Waals surface area contributed by atoms with Gasteiger partial charge in [0.1, 0.15) is 0 Å². The van der Waals surface area contributed by atoms with E-state index in [9.17, 15) is 0 Å². The Bertz CT molecular complexity index is 167. The first-order valence-electron chi connectivity index (χ1n) is 2.95. The van der Waals surface area contributed by atoms with Gasteiger partial charge >= 0.3 is 0 Å². The van der Waals surface area contributed by atoms with E-state index in [2.05, 4.69) is 10.2 Å². The molecule has 0 aromatic carbocycles. The molecule has 0 atom stereocenters. The SMILES string of the molecule is Cl.c1n[nH]cc1C1CC1. The quantitative estimate of drug-likeness (QED) is 0.639. The molecule has 3 heteroatoms. The van der Waals surface area contributed by atoms with E-state index in [0.29, 0.717) is 0 Å². The monoisotopic (exact) mass is 144 g/mol. The molecule has 0 amide bonds. The van der Waals surface area contributed by atoms with Crippen molar-refractivity contribution in [1.29, 1.82) is 0 Å². The highest BCUT2D eigenvalue weighted by molar-refractivity contribution is 5.85. The fourth-order valence-electron chi connectivity index (χ4n) is 0.901. The van der Waals surface area contributed by atoms with E-state index in [1.54, 1.807) is 0 Å². The summed E-state index contributed by atoms with van der Waals surface area (Å²) in [4.78, 5) is 0. The molecule has 1 heterocycles. The van der Waals surface area contributed by atoms with Crippen molar-refractivity contribution in [3.05, 3.63) is 18.0 Å². The summed E-state index contributed by atoms with van der Waals surface area (Å²) in [5.41, 5.74) is 1.38. The van der Waals surface area contributed by atoms with Gasteiger partial charge in [0.25, 0.3) is 0 Å². The first-order chi connectivity index (χ1) is 3.97. The van der Waals surface area contributed by atoms with Crippen LogP contribution in [0.2, 0.25) is 0 Å². The van der Waals surface area contributed by atoms with Gasteiger partial charge in [-0.2, -0.15) is 5.10 Å². The Morgan fingerprint density at radius 1 is 1.56 bits per heavy atom. The van der Waals surface area contributed by atoms with E-state index in [0.717, 1.165) is 5.92 Å². The van der Waals surface area contributed by atoms with Crippen molar-refractivity contribution in [2.45, 2.75) is 18.8 Å². The van der Waals surface area contributed by atoms with Gasteiger partial charge in [0.2, 0.25) is 0 Å². The Morgan fingerprint density at radius 3 is 2.78 bits per heavy atom. The molecule has 0 radical (unpaired) electrons. The van der Waals surface area contributed by atoms with Crippen molar-refractivity contribution in [3.8, 4) is 0 Å². The molecule has 1 fully saturated rings. The summed E-state index contributed by atoms with van der Waals surface area (Å²) in [6, 6.07) is 0. The van der Waals surface area contributed by atoms with E-state index >= 15 is 0 Å². The fourth-order valence-corrected chi connectivity index (χ4v) is 0.901. The summed E-state index contributed by atoms with van der Waals surface area (Å²) in [6.45, 7) is 0. The molecule has 2 nitrogen and oxygen atoms in total. The summed E-state index contributed by atoms with van der Waals surface area (Å²) in [6.07, 6.45) is 6.62. The molecule has 2 rings (SSSR count). The Labute approximate surface area is 60.1 Å². The minimum Gasteiger partial charge on any atom is -0.285 e. The smallest absolute Gasteiger partial charge is 0.0522 e. The zero-order valence-electron chi connectivity index (χ0n) is 5.00. The highest BCUT2D eigenvalue weighted by atomic mass is 35.5. The van der Waals surface area contributed by atoms with Crippen LogP contribution in [0.4, 0.5) is 0 Å². The predicted molar refractivity (Wildman–Crippen MR) is 37.8 cm³/mol. The lowest BCUT2D eigenvalue weighted by Crippen LogP contribution is -1.67. The van der Waals surface area contributed by atoms with Crippen molar-refractivity contribution < 1.29 is 0 Å². The van der Waals surface area contributed by atoms with Crippen LogP contribution in [0.25, 0.3) is 0 Å². The van der Waals surface area contributed by atoms with Crippen LogP contribution < -0.4 is 0 Å². The van der Waals surface area contributed by atoms with E-state index in [4.69, 9.17) is 0 Å². The summed E-state index contributed by atoms with van der Waals surface area (Å²) in [7, 11) is 0. The summed E-state index contributed by atoms with van der Waals surface area (Å²) in [5.74, 6) is 0.841. The Morgan fingerprint density at radius 2 is 2.33 bits per heavy atom. The third kappa shape index (κ3) is 1.24. The lowest BCUT2D eigenvalue weighted by atomic mass is 10.2. The van der Waals surface area contributed by atoms with Crippen LogP contribution in [0, 0.1) is 0 Å². The topological polar surface area (TPSA) is 28.7 Å². The van der Waals surface area contributed by atoms with E-state index in [1.807, 2.05) is 12.4 Å². The molecule has 1 aliphatic rings. The second-order valence-electron chi connectivity index (χ2n) is 2.31. The molecule has 9 heavy (non-hydrogen) atoms. The van der Waals surface area contributed by atoms with E-state index in [1.165, 1.54) is 18.4 Å². The minimum absolute atomic E-state index is 0. The first kappa shape index (κ1) is 6.62. The van der Waals surface area contributed by atoms with Gasteiger partial charge in [0.05, 0.1) is 6.20 Å². The minimum atomic E-state index is 0. The van der Waals surface area contributed by atoms with Crippen LogP contribution in [0.15, 0.2) is 12.4 Å². The third-order valence-electron chi connectivity index (χ3n) is 1.57. The van der Waals surface area contributed by atoms with Crippen LogP contribution in [0.3, 0.4) is 0 Å². The normalized spacial score (nSPS) is 16.9. The molecule has 1 saturated carbocycles. The second-order valence-corrected chi connectivity index (χ2v) is 2.31. The summed E-state index contributed by atoms with van der Waals surface area (Å²) < 4.78 is 0. The molecule has 1 aromatic heterocycles. The second kappa shape index (κ2) is 2.40. The van der Waals surface area contributed by atoms with Crippen LogP contribution >= 0.6 is 12.4 Å². The molecular weight excluding hydrogens is 136 g/mol. The standard InChI is InChI=1S/C6H8N2.ClH/c1-2-5(1)6-3-7-8-4-6;/h3-5H,1-2H2,(H,7,8);1H. The number of H-pyrrole nitrogens is 1. The number of halogens is 1. The highest BCUT2D eigenvalue weighted by Crippen LogP contribution is 2.39. The molecule has 0 aliphatic heterocycles. The average molecular weight is 145 g/mol. The van der Waals surface area contributed by atoms with Crippen molar-refractivity contribution >= 4 is 12.4 Å². The van der Waals surface area contributed by atoms with Crippen molar-refractivity contribution in [3.63, 3.8) is 0 Å². The van der Waals surface area contributed by atoms with Gasteiger partial charge in [-0.1, -0.05) is 0 Å². The Balaban J connectivity index is 0.000000405. The van der Waals surface area contributed by atoms with Crippen molar-refractivity contribution in [2.75, 3.05) is 0 Å². The number of aromatic nitrogens is 2. The van der Waals surface area contributed by atoms with Gasteiger partial charge in [0, 0.05) is 6.20 Å². The lowest BCUT2D eigenvalue weighted by molar-refractivity contribution is 1.09. The van der Waals surface area contributed by atoms with Crippen LogP contribution in [-0.4, -0.2) is 10.2 Å². The van der Waals surface area contributed by atoms with Gasteiger partial charge in [0.15, 0.2) is 0 Å². The van der Waals surface area contributed by atoms with Gasteiger partial charge in [-0.3, -0.25) is 5.10 Å². The van der Waals surface area contributed by atoms with Gasteiger partial charge in [-0.15, -0.1) is 12.4 Å². The molecule has 0 saturated heterocycles. The van der Waals surface area contributed by atoms with Crippen molar-refractivity contribution in [1.82, 2.24) is 10.2 Å². The number of aromatic amines is 1. The Hall–Kier alpha value is -0.500. The van der Waals surface area contributed by atoms with Crippen LogP contribution in [-0.2, 0) is 0 Å². The number of nitrogens with one attached hydrogen (secondary N) is 1. The average Bonchev–Trinajstić information content (AvgIpc) is 2.49. The predicted octanol–water partition coefficient (Wildman–Crippen LogP) is 1.71. The molecular formula is C6H9ClN2. The zero-order valence-corrected chi connectivity index (χ0v) is 5.82. The van der Waals surface area contributed by atoms with Crippen molar-refractivity contribution in [2.24, 2.45) is 0 Å². The highest BCUT2D eigenvalue weighted by Gasteiger charge is 2.23. The molecule has 1 aliphatic carbocycles. The molecule has 0 unspecified atom stereocenters. The number of nitrogens with zero attached hydrogens (tertiary/aromatic N) is 1. The fraction of sp³-hybridized carbons (Fsp3) is 0.500. The number of rotatable bonds is 1. The molecule has 50 valence electrons. The van der Waals surface area contributed by atoms with Gasteiger partial charge in [-0.25, -0.2) is 0 Å². The maximum atomic E-state index is 3.86. The van der Waals surface area contributed by atoms with Crippen LogP contribution in [0.1, 0.15) is 24.3 Å². The summed E-state index contributed by atoms with van der Waals surface area (Å²) in [5, 5.41) is 6.66.